The fourth-order valence-electron chi connectivity index (χ4n) is 2.33. The standard InChI is InChI=1S/C15H22N2O4/c1-15(2,3)21-14(19)17-7-5-10-11(6-8-17)16-13(20-4)9-12(10)18/h9H,5-8H2,1-4H3,(H,16,18). The van der Waals surface area contributed by atoms with Gasteiger partial charge < -0.3 is 19.4 Å². The summed E-state index contributed by atoms with van der Waals surface area (Å²) in [5.41, 5.74) is 0.994. The van der Waals surface area contributed by atoms with Crippen LogP contribution in [-0.2, 0) is 17.6 Å². The molecule has 1 aromatic heterocycles. The van der Waals surface area contributed by atoms with Gasteiger partial charge in [0.25, 0.3) is 0 Å². The highest BCUT2D eigenvalue weighted by Crippen LogP contribution is 2.16. The second-order valence-corrected chi connectivity index (χ2v) is 6.13. The zero-order chi connectivity index (χ0) is 15.6. The Labute approximate surface area is 124 Å². The SMILES string of the molecule is COc1cc(=O)c2c([nH]1)CCN(C(=O)OC(C)(C)C)CC2. The van der Waals surface area contributed by atoms with E-state index in [1.807, 2.05) is 20.8 Å². The molecule has 0 aromatic carbocycles. The summed E-state index contributed by atoms with van der Waals surface area (Å²) in [6, 6.07) is 1.45. The monoisotopic (exact) mass is 294 g/mol. The van der Waals surface area contributed by atoms with Gasteiger partial charge >= 0.3 is 6.09 Å². The molecule has 0 unspecified atom stereocenters. The number of amides is 1. The van der Waals surface area contributed by atoms with E-state index < -0.39 is 5.60 Å². The van der Waals surface area contributed by atoms with Crippen molar-refractivity contribution in [2.24, 2.45) is 0 Å². The predicted molar refractivity (Wildman–Crippen MR) is 78.8 cm³/mol. The van der Waals surface area contributed by atoms with Crippen LogP contribution in [0.1, 0.15) is 32.0 Å². The quantitative estimate of drug-likeness (QED) is 0.856. The number of carbonyl (C=O) groups is 1. The average molecular weight is 294 g/mol. The van der Waals surface area contributed by atoms with Crippen LogP contribution in [0, 0.1) is 0 Å². The Hall–Kier alpha value is -1.98. The van der Waals surface area contributed by atoms with Crippen molar-refractivity contribution in [3.8, 4) is 5.88 Å². The summed E-state index contributed by atoms with van der Waals surface area (Å²) < 4.78 is 10.5. The van der Waals surface area contributed by atoms with Crippen LogP contribution >= 0.6 is 0 Å². The van der Waals surface area contributed by atoms with Crippen LogP contribution < -0.4 is 10.2 Å². The van der Waals surface area contributed by atoms with Crippen molar-refractivity contribution < 1.29 is 14.3 Å². The number of nitrogens with one attached hydrogen (secondary N) is 1. The number of H-pyrrole nitrogens is 1. The van der Waals surface area contributed by atoms with Gasteiger partial charge in [-0.3, -0.25) is 4.79 Å². The molecule has 1 N–H and O–H groups in total. The molecule has 0 atom stereocenters. The fraction of sp³-hybridized carbons (Fsp3) is 0.600. The molecule has 1 aliphatic rings. The third kappa shape index (κ3) is 3.77. The van der Waals surface area contributed by atoms with Crippen LogP contribution in [0.2, 0.25) is 0 Å². The molecule has 2 rings (SSSR count). The van der Waals surface area contributed by atoms with Crippen molar-refractivity contribution in [1.82, 2.24) is 9.88 Å². The fourth-order valence-corrected chi connectivity index (χ4v) is 2.33. The molecule has 21 heavy (non-hydrogen) atoms. The Morgan fingerprint density at radius 1 is 1.29 bits per heavy atom. The Balaban J connectivity index is 2.15. The van der Waals surface area contributed by atoms with E-state index in [2.05, 4.69) is 4.98 Å². The molecule has 6 heteroatoms. The molecule has 0 saturated carbocycles. The summed E-state index contributed by atoms with van der Waals surface area (Å²) >= 11 is 0. The smallest absolute Gasteiger partial charge is 0.410 e. The van der Waals surface area contributed by atoms with E-state index >= 15 is 0 Å². The van der Waals surface area contributed by atoms with Crippen molar-refractivity contribution in [2.75, 3.05) is 20.2 Å². The molecule has 1 aromatic rings. The average Bonchev–Trinajstić information content (AvgIpc) is 2.59. The molecule has 0 saturated heterocycles. The number of nitrogens with zero attached hydrogens (tertiary/aromatic N) is 1. The number of methoxy groups -OCH3 is 1. The van der Waals surface area contributed by atoms with Crippen molar-refractivity contribution in [1.29, 1.82) is 0 Å². The van der Waals surface area contributed by atoms with Gasteiger partial charge in [0.2, 0.25) is 0 Å². The van der Waals surface area contributed by atoms with Crippen LogP contribution in [0.15, 0.2) is 10.9 Å². The van der Waals surface area contributed by atoms with Crippen LogP contribution in [0.3, 0.4) is 0 Å². The lowest BCUT2D eigenvalue weighted by Crippen LogP contribution is -2.38. The maximum atomic E-state index is 12.1. The lowest BCUT2D eigenvalue weighted by atomic mass is 10.1. The van der Waals surface area contributed by atoms with Gasteiger partial charge in [0, 0.05) is 36.8 Å². The lowest BCUT2D eigenvalue weighted by molar-refractivity contribution is 0.0258. The van der Waals surface area contributed by atoms with E-state index in [9.17, 15) is 9.59 Å². The topological polar surface area (TPSA) is 71.6 Å². The summed E-state index contributed by atoms with van der Waals surface area (Å²) in [6.07, 6.45) is 0.768. The zero-order valence-corrected chi connectivity index (χ0v) is 13.0. The van der Waals surface area contributed by atoms with Crippen LogP contribution in [-0.4, -0.2) is 41.8 Å². The molecule has 116 valence electrons. The van der Waals surface area contributed by atoms with Gasteiger partial charge in [0.1, 0.15) is 5.60 Å². The molecule has 0 fully saturated rings. The van der Waals surface area contributed by atoms with E-state index in [0.29, 0.717) is 31.8 Å². The maximum absolute atomic E-state index is 12.1. The third-order valence-electron chi connectivity index (χ3n) is 3.33. The molecule has 0 radical (unpaired) electrons. The minimum absolute atomic E-state index is 0.0494. The van der Waals surface area contributed by atoms with Gasteiger partial charge in [0.15, 0.2) is 11.3 Å². The zero-order valence-electron chi connectivity index (χ0n) is 13.0. The van der Waals surface area contributed by atoms with Gasteiger partial charge in [-0.05, 0) is 27.2 Å². The van der Waals surface area contributed by atoms with Crippen LogP contribution in [0.5, 0.6) is 5.88 Å². The molecule has 0 bridgehead atoms. The first-order chi connectivity index (χ1) is 9.80. The number of hydrogen-bond donors (Lipinski definition) is 1. The molecule has 1 amide bonds. The van der Waals surface area contributed by atoms with Crippen molar-refractivity contribution >= 4 is 6.09 Å². The third-order valence-corrected chi connectivity index (χ3v) is 3.33. The summed E-state index contributed by atoms with van der Waals surface area (Å²) in [7, 11) is 1.52. The second kappa shape index (κ2) is 5.79. The molecule has 6 nitrogen and oxygen atoms in total. The molecule has 0 spiro atoms. The summed E-state index contributed by atoms with van der Waals surface area (Å²) in [6.45, 7) is 6.52. The normalized spacial score (nSPS) is 15.1. The molecule has 0 aliphatic carbocycles. The molecule has 2 heterocycles. The summed E-state index contributed by atoms with van der Waals surface area (Å²) in [5.74, 6) is 0.449. The summed E-state index contributed by atoms with van der Waals surface area (Å²) in [5, 5.41) is 0. The largest absolute Gasteiger partial charge is 0.482 e. The number of ether oxygens (including phenoxy) is 2. The highest BCUT2D eigenvalue weighted by Gasteiger charge is 2.25. The molecular formula is C15H22N2O4. The number of rotatable bonds is 1. The number of hydrogen-bond acceptors (Lipinski definition) is 4. The first-order valence-electron chi connectivity index (χ1n) is 7.07. The Kier molecular flexibility index (Phi) is 4.25. The Morgan fingerprint density at radius 3 is 2.57 bits per heavy atom. The number of aromatic nitrogens is 1. The van der Waals surface area contributed by atoms with Crippen LogP contribution in [0.4, 0.5) is 4.79 Å². The van der Waals surface area contributed by atoms with Gasteiger partial charge in [-0.25, -0.2) is 4.79 Å². The Bertz CT molecular complexity index is 586. The molecule has 1 aliphatic heterocycles. The highest BCUT2D eigenvalue weighted by atomic mass is 16.6. The van der Waals surface area contributed by atoms with Gasteiger partial charge in [-0.1, -0.05) is 0 Å². The van der Waals surface area contributed by atoms with E-state index in [0.717, 1.165) is 11.3 Å². The summed E-state index contributed by atoms with van der Waals surface area (Å²) in [4.78, 5) is 28.9. The van der Waals surface area contributed by atoms with Gasteiger partial charge in [-0.15, -0.1) is 0 Å². The van der Waals surface area contributed by atoms with E-state index in [-0.39, 0.29) is 11.5 Å². The first kappa shape index (κ1) is 15.4. The molecular weight excluding hydrogens is 272 g/mol. The van der Waals surface area contributed by atoms with Gasteiger partial charge in [-0.2, -0.15) is 0 Å². The lowest BCUT2D eigenvalue weighted by Gasteiger charge is -2.26. The number of carbonyl (C=O) groups excluding carboxylic acids is 1. The Morgan fingerprint density at radius 2 is 1.95 bits per heavy atom. The second-order valence-electron chi connectivity index (χ2n) is 6.13. The van der Waals surface area contributed by atoms with E-state index in [1.54, 1.807) is 4.90 Å². The number of aromatic amines is 1. The van der Waals surface area contributed by atoms with Crippen molar-refractivity contribution in [2.45, 2.75) is 39.2 Å². The number of pyridine rings is 1. The van der Waals surface area contributed by atoms with Crippen molar-refractivity contribution in [3.63, 3.8) is 0 Å². The van der Waals surface area contributed by atoms with Gasteiger partial charge in [0.05, 0.1) is 7.11 Å². The maximum Gasteiger partial charge on any atom is 0.410 e. The minimum atomic E-state index is -0.519. The minimum Gasteiger partial charge on any atom is -0.482 e. The van der Waals surface area contributed by atoms with Crippen molar-refractivity contribution in [3.05, 3.63) is 27.5 Å². The number of fused-ring (bicyclic) bond motifs is 1. The van der Waals surface area contributed by atoms with E-state index in [4.69, 9.17) is 9.47 Å². The first-order valence-corrected chi connectivity index (χ1v) is 7.07. The predicted octanol–water partition coefficient (Wildman–Crippen LogP) is 1.72. The highest BCUT2D eigenvalue weighted by molar-refractivity contribution is 5.68. The van der Waals surface area contributed by atoms with Crippen LogP contribution in [0.25, 0.3) is 0 Å². The van der Waals surface area contributed by atoms with E-state index in [1.165, 1.54) is 13.2 Å².